The van der Waals surface area contributed by atoms with Crippen LogP contribution >= 0.6 is 11.3 Å². The van der Waals surface area contributed by atoms with Crippen LogP contribution in [0.15, 0.2) is 53.9 Å². The summed E-state index contributed by atoms with van der Waals surface area (Å²) in [4.78, 5) is 4.66. The summed E-state index contributed by atoms with van der Waals surface area (Å²) in [6.07, 6.45) is 0.738. The van der Waals surface area contributed by atoms with E-state index in [2.05, 4.69) is 16.4 Å². The van der Waals surface area contributed by atoms with Crippen molar-refractivity contribution in [3.63, 3.8) is 0 Å². The average molecular weight is 386 g/mol. The van der Waals surface area contributed by atoms with Gasteiger partial charge in [0.15, 0.2) is 5.13 Å². The maximum absolute atomic E-state index is 12.2. The first-order chi connectivity index (χ1) is 12.6. The zero-order valence-corrected chi connectivity index (χ0v) is 16.0. The van der Waals surface area contributed by atoms with E-state index in [1.54, 1.807) is 18.3 Å². The van der Waals surface area contributed by atoms with Gasteiger partial charge in [-0.25, -0.2) is 13.4 Å². The Morgan fingerprint density at radius 1 is 1.19 bits per heavy atom. The van der Waals surface area contributed by atoms with Crippen molar-refractivity contribution in [1.82, 2.24) is 4.98 Å². The van der Waals surface area contributed by atoms with Crippen molar-refractivity contribution in [2.75, 3.05) is 21.9 Å². The van der Waals surface area contributed by atoms with Crippen molar-refractivity contribution < 1.29 is 8.42 Å². The highest BCUT2D eigenvalue weighted by Gasteiger charge is 2.28. The SMILES string of the molecule is CCS(=O)(=O)N1CCc2cc(-c3csc(Nc4ccccc4)n3)ccc21. The van der Waals surface area contributed by atoms with E-state index in [4.69, 9.17) is 0 Å². The van der Waals surface area contributed by atoms with Crippen molar-refractivity contribution in [2.45, 2.75) is 13.3 Å². The molecule has 7 heteroatoms. The summed E-state index contributed by atoms with van der Waals surface area (Å²) < 4.78 is 25.9. The molecule has 0 amide bonds. The minimum absolute atomic E-state index is 0.120. The van der Waals surface area contributed by atoms with Gasteiger partial charge in [0.1, 0.15) is 0 Å². The quantitative estimate of drug-likeness (QED) is 0.713. The molecule has 26 heavy (non-hydrogen) atoms. The van der Waals surface area contributed by atoms with Gasteiger partial charge in [0.25, 0.3) is 0 Å². The van der Waals surface area contributed by atoms with Crippen LogP contribution in [0, 0.1) is 0 Å². The lowest BCUT2D eigenvalue weighted by molar-refractivity contribution is 0.593. The second-order valence-corrected chi connectivity index (χ2v) is 9.14. The number of sulfonamides is 1. The summed E-state index contributed by atoms with van der Waals surface area (Å²) in [5, 5.41) is 6.15. The number of thiazole rings is 1. The molecule has 1 N–H and O–H groups in total. The fourth-order valence-corrected chi connectivity index (χ4v) is 4.98. The summed E-state index contributed by atoms with van der Waals surface area (Å²) >= 11 is 1.55. The van der Waals surface area contributed by atoms with Crippen LogP contribution in [0.25, 0.3) is 11.3 Å². The van der Waals surface area contributed by atoms with E-state index >= 15 is 0 Å². The zero-order valence-electron chi connectivity index (χ0n) is 14.3. The van der Waals surface area contributed by atoms with Crippen LogP contribution in [0.4, 0.5) is 16.5 Å². The Kier molecular flexibility index (Phi) is 4.42. The minimum atomic E-state index is -3.21. The van der Waals surface area contributed by atoms with Crippen molar-refractivity contribution in [3.8, 4) is 11.3 Å². The van der Waals surface area contributed by atoms with Gasteiger partial charge in [-0.05, 0) is 43.2 Å². The van der Waals surface area contributed by atoms with Crippen molar-refractivity contribution in [2.24, 2.45) is 0 Å². The molecule has 0 unspecified atom stereocenters. The van der Waals surface area contributed by atoms with E-state index < -0.39 is 10.0 Å². The number of nitrogens with zero attached hydrogens (tertiary/aromatic N) is 2. The van der Waals surface area contributed by atoms with Crippen LogP contribution in [0.2, 0.25) is 0 Å². The lowest BCUT2D eigenvalue weighted by Crippen LogP contribution is -2.30. The molecule has 2 aromatic carbocycles. The van der Waals surface area contributed by atoms with Gasteiger partial charge in [0.05, 0.1) is 17.1 Å². The molecule has 0 bridgehead atoms. The Balaban J connectivity index is 1.59. The zero-order chi connectivity index (χ0) is 18.1. The summed E-state index contributed by atoms with van der Waals surface area (Å²) in [5.41, 5.74) is 4.77. The monoisotopic (exact) mass is 385 g/mol. The minimum Gasteiger partial charge on any atom is -0.332 e. The van der Waals surface area contributed by atoms with E-state index in [0.717, 1.165) is 39.7 Å². The van der Waals surface area contributed by atoms with Crippen LogP contribution < -0.4 is 9.62 Å². The molecule has 0 saturated heterocycles. The van der Waals surface area contributed by atoms with Gasteiger partial charge in [-0.1, -0.05) is 24.3 Å². The molecule has 1 aromatic heterocycles. The third kappa shape index (κ3) is 3.20. The molecule has 2 heterocycles. The van der Waals surface area contributed by atoms with Gasteiger partial charge < -0.3 is 5.32 Å². The van der Waals surface area contributed by atoms with E-state index in [1.165, 1.54) is 4.31 Å². The lowest BCUT2D eigenvalue weighted by Gasteiger charge is -2.18. The first-order valence-electron chi connectivity index (χ1n) is 8.48. The maximum atomic E-state index is 12.2. The van der Waals surface area contributed by atoms with Gasteiger partial charge in [0, 0.05) is 23.2 Å². The van der Waals surface area contributed by atoms with E-state index in [9.17, 15) is 8.42 Å². The topological polar surface area (TPSA) is 62.3 Å². The number of hydrogen-bond donors (Lipinski definition) is 1. The Hall–Kier alpha value is -2.38. The predicted octanol–water partition coefficient (Wildman–Crippen LogP) is 4.27. The fraction of sp³-hybridized carbons (Fsp3) is 0.211. The molecule has 5 nitrogen and oxygen atoms in total. The largest absolute Gasteiger partial charge is 0.332 e. The molecule has 1 aliphatic rings. The molecular weight excluding hydrogens is 366 g/mol. The van der Waals surface area contributed by atoms with Crippen molar-refractivity contribution in [1.29, 1.82) is 0 Å². The standard InChI is InChI=1S/C19H19N3O2S2/c1-2-26(23,24)22-11-10-15-12-14(8-9-18(15)22)17-13-25-19(21-17)20-16-6-4-3-5-7-16/h3-9,12-13H,2,10-11H2,1H3,(H,20,21). The number of hydrogen-bond acceptors (Lipinski definition) is 5. The van der Waals surface area contributed by atoms with E-state index in [-0.39, 0.29) is 5.75 Å². The first-order valence-corrected chi connectivity index (χ1v) is 11.0. The Bertz CT molecular complexity index is 1030. The summed E-state index contributed by atoms with van der Waals surface area (Å²) in [6, 6.07) is 15.8. The third-order valence-electron chi connectivity index (χ3n) is 4.46. The molecule has 0 saturated carbocycles. The first kappa shape index (κ1) is 17.1. The van der Waals surface area contributed by atoms with Crippen molar-refractivity contribution in [3.05, 3.63) is 59.5 Å². The second kappa shape index (κ2) is 6.74. The van der Waals surface area contributed by atoms with Gasteiger partial charge in [-0.3, -0.25) is 4.31 Å². The van der Waals surface area contributed by atoms with Gasteiger partial charge in [-0.15, -0.1) is 11.3 Å². The number of anilines is 3. The normalized spacial score (nSPS) is 13.7. The predicted molar refractivity (Wildman–Crippen MR) is 108 cm³/mol. The maximum Gasteiger partial charge on any atom is 0.234 e. The summed E-state index contributed by atoms with van der Waals surface area (Å²) in [6.45, 7) is 2.20. The van der Waals surface area contributed by atoms with E-state index in [0.29, 0.717) is 6.54 Å². The Morgan fingerprint density at radius 3 is 2.77 bits per heavy atom. The van der Waals surface area contributed by atoms with Crippen LogP contribution in [-0.2, 0) is 16.4 Å². The molecule has 3 aromatic rings. The van der Waals surface area contributed by atoms with Crippen LogP contribution in [0.1, 0.15) is 12.5 Å². The van der Waals surface area contributed by atoms with Crippen LogP contribution in [-0.4, -0.2) is 25.7 Å². The molecule has 0 atom stereocenters. The number of fused-ring (bicyclic) bond motifs is 1. The lowest BCUT2D eigenvalue weighted by atomic mass is 10.1. The van der Waals surface area contributed by atoms with Gasteiger partial charge in [-0.2, -0.15) is 0 Å². The Morgan fingerprint density at radius 2 is 2.00 bits per heavy atom. The highest BCUT2D eigenvalue weighted by atomic mass is 32.2. The smallest absolute Gasteiger partial charge is 0.234 e. The molecule has 134 valence electrons. The number of aromatic nitrogens is 1. The molecule has 1 aliphatic heterocycles. The number of rotatable bonds is 5. The highest BCUT2D eigenvalue weighted by Crippen LogP contribution is 2.35. The van der Waals surface area contributed by atoms with Crippen LogP contribution in [0.5, 0.6) is 0 Å². The van der Waals surface area contributed by atoms with E-state index in [1.807, 2.05) is 47.8 Å². The number of nitrogens with one attached hydrogen (secondary N) is 1. The molecular formula is C19H19N3O2S2. The summed E-state index contributed by atoms with van der Waals surface area (Å²) in [5.74, 6) is 0.120. The van der Waals surface area contributed by atoms with Gasteiger partial charge >= 0.3 is 0 Å². The molecule has 0 aliphatic carbocycles. The molecule has 4 rings (SSSR count). The van der Waals surface area contributed by atoms with Gasteiger partial charge in [0.2, 0.25) is 10.0 Å². The fourth-order valence-electron chi connectivity index (χ4n) is 3.08. The summed E-state index contributed by atoms with van der Waals surface area (Å²) in [7, 11) is -3.21. The molecule has 0 radical (unpaired) electrons. The molecule has 0 fully saturated rings. The number of benzene rings is 2. The second-order valence-electron chi connectivity index (χ2n) is 6.10. The average Bonchev–Trinajstić information content (AvgIpc) is 3.29. The Labute approximate surface area is 157 Å². The number of para-hydroxylation sites is 1. The molecule has 0 spiro atoms. The third-order valence-corrected chi connectivity index (χ3v) is 7.00. The van der Waals surface area contributed by atoms with Crippen molar-refractivity contribution >= 4 is 37.9 Å². The highest BCUT2D eigenvalue weighted by molar-refractivity contribution is 7.92. The van der Waals surface area contributed by atoms with Crippen LogP contribution in [0.3, 0.4) is 0 Å².